The van der Waals surface area contributed by atoms with Gasteiger partial charge < -0.3 is 4.74 Å². The molecule has 0 N–H and O–H groups in total. The Morgan fingerprint density at radius 1 is 1.29 bits per heavy atom. The molecule has 0 aliphatic heterocycles. The molecule has 1 rings (SSSR count). The molecule has 0 aliphatic carbocycles. The SMILES string of the molecule is CCOC(=O)c1ccc(Cl)cc1C(=O)CCCl. The van der Waals surface area contributed by atoms with E-state index in [-0.39, 0.29) is 35.8 Å². The van der Waals surface area contributed by atoms with Crippen LogP contribution in [0.4, 0.5) is 0 Å². The van der Waals surface area contributed by atoms with Crippen LogP contribution in [0.15, 0.2) is 18.2 Å². The van der Waals surface area contributed by atoms with Crippen molar-refractivity contribution >= 4 is 35.0 Å². The number of ketones is 1. The van der Waals surface area contributed by atoms with Crippen LogP contribution in [0.3, 0.4) is 0 Å². The third-order valence-electron chi connectivity index (χ3n) is 2.10. The van der Waals surface area contributed by atoms with E-state index in [9.17, 15) is 9.59 Å². The van der Waals surface area contributed by atoms with Gasteiger partial charge in [-0.25, -0.2) is 4.79 Å². The second kappa shape index (κ2) is 6.62. The number of benzene rings is 1. The van der Waals surface area contributed by atoms with Gasteiger partial charge in [-0.05, 0) is 25.1 Å². The molecule has 0 aliphatic rings. The average Bonchev–Trinajstić information content (AvgIpc) is 2.29. The van der Waals surface area contributed by atoms with Crippen molar-refractivity contribution in [3.05, 3.63) is 34.3 Å². The van der Waals surface area contributed by atoms with Crippen molar-refractivity contribution < 1.29 is 14.3 Å². The molecular weight excluding hydrogens is 263 g/mol. The van der Waals surface area contributed by atoms with Gasteiger partial charge in [0.1, 0.15) is 0 Å². The number of hydrogen-bond donors (Lipinski definition) is 0. The summed E-state index contributed by atoms with van der Waals surface area (Å²) in [6.07, 6.45) is 0.161. The molecular formula is C12H12Cl2O3. The van der Waals surface area contributed by atoms with E-state index in [4.69, 9.17) is 27.9 Å². The summed E-state index contributed by atoms with van der Waals surface area (Å²) in [6, 6.07) is 4.50. The second-order valence-electron chi connectivity index (χ2n) is 3.27. The lowest BCUT2D eigenvalue weighted by Crippen LogP contribution is -2.12. The van der Waals surface area contributed by atoms with Crippen LogP contribution in [0.2, 0.25) is 5.02 Å². The van der Waals surface area contributed by atoms with Crippen LogP contribution in [0, 0.1) is 0 Å². The maximum Gasteiger partial charge on any atom is 0.338 e. The first-order valence-corrected chi connectivity index (χ1v) is 6.07. The largest absolute Gasteiger partial charge is 0.462 e. The zero-order valence-electron chi connectivity index (χ0n) is 9.33. The van der Waals surface area contributed by atoms with Crippen LogP contribution < -0.4 is 0 Å². The minimum Gasteiger partial charge on any atom is -0.462 e. The number of carbonyl (C=O) groups is 2. The molecule has 0 atom stereocenters. The highest BCUT2D eigenvalue weighted by Crippen LogP contribution is 2.19. The molecule has 0 bridgehead atoms. The van der Waals surface area contributed by atoms with Gasteiger partial charge in [-0.2, -0.15) is 0 Å². The third kappa shape index (κ3) is 3.72. The molecule has 17 heavy (non-hydrogen) atoms. The van der Waals surface area contributed by atoms with Gasteiger partial charge >= 0.3 is 5.97 Å². The standard InChI is InChI=1S/C12H12Cl2O3/c1-2-17-12(16)9-4-3-8(14)7-10(9)11(15)5-6-13/h3-4,7H,2,5-6H2,1H3. The van der Waals surface area contributed by atoms with Crippen molar-refractivity contribution in [3.63, 3.8) is 0 Å². The number of hydrogen-bond acceptors (Lipinski definition) is 3. The maximum absolute atomic E-state index is 11.8. The predicted octanol–water partition coefficient (Wildman–Crippen LogP) is 3.33. The van der Waals surface area contributed by atoms with Crippen molar-refractivity contribution in [2.45, 2.75) is 13.3 Å². The lowest BCUT2D eigenvalue weighted by Gasteiger charge is -2.07. The lowest BCUT2D eigenvalue weighted by atomic mass is 10.0. The fourth-order valence-electron chi connectivity index (χ4n) is 1.35. The van der Waals surface area contributed by atoms with Gasteiger partial charge in [0.05, 0.1) is 12.2 Å². The van der Waals surface area contributed by atoms with E-state index in [1.165, 1.54) is 12.1 Å². The Morgan fingerprint density at radius 2 is 2.00 bits per heavy atom. The number of alkyl halides is 1. The molecule has 0 saturated carbocycles. The smallest absolute Gasteiger partial charge is 0.338 e. The number of ether oxygens (including phenoxy) is 1. The summed E-state index contributed by atoms with van der Waals surface area (Å²) in [6.45, 7) is 1.96. The molecule has 0 aromatic heterocycles. The fraction of sp³-hybridized carbons (Fsp3) is 0.333. The summed E-state index contributed by atoms with van der Waals surface area (Å²) >= 11 is 11.3. The van der Waals surface area contributed by atoms with Crippen molar-refractivity contribution in [2.24, 2.45) is 0 Å². The Balaban J connectivity index is 3.11. The van der Waals surface area contributed by atoms with E-state index in [0.29, 0.717) is 5.02 Å². The molecule has 0 unspecified atom stereocenters. The maximum atomic E-state index is 11.8. The summed E-state index contributed by atoms with van der Waals surface area (Å²) in [4.78, 5) is 23.4. The van der Waals surface area contributed by atoms with E-state index < -0.39 is 5.97 Å². The number of esters is 1. The molecule has 92 valence electrons. The first-order chi connectivity index (χ1) is 8.10. The molecule has 0 amide bonds. The molecule has 5 heteroatoms. The Labute approximate surface area is 110 Å². The second-order valence-corrected chi connectivity index (χ2v) is 4.09. The van der Waals surface area contributed by atoms with Gasteiger partial charge in [-0.3, -0.25) is 4.79 Å². The summed E-state index contributed by atoms with van der Waals surface area (Å²) in [5, 5.41) is 0.399. The zero-order chi connectivity index (χ0) is 12.8. The summed E-state index contributed by atoms with van der Waals surface area (Å²) in [5.74, 6) is -0.541. The predicted molar refractivity (Wildman–Crippen MR) is 67.1 cm³/mol. The number of carbonyl (C=O) groups excluding carboxylic acids is 2. The Morgan fingerprint density at radius 3 is 2.59 bits per heavy atom. The molecule has 0 saturated heterocycles. The van der Waals surface area contributed by atoms with E-state index in [2.05, 4.69) is 0 Å². The van der Waals surface area contributed by atoms with Crippen molar-refractivity contribution in [3.8, 4) is 0 Å². The first-order valence-electron chi connectivity index (χ1n) is 5.16. The van der Waals surface area contributed by atoms with E-state index in [1.807, 2.05) is 0 Å². The Bertz CT molecular complexity index is 430. The quantitative estimate of drug-likeness (QED) is 0.470. The molecule has 1 aromatic rings. The van der Waals surface area contributed by atoms with Gasteiger partial charge in [-0.1, -0.05) is 11.6 Å². The van der Waals surface area contributed by atoms with Crippen LogP contribution >= 0.6 is 23.2 Å². The molecule has 3 nitrogen and oxygen atoms in total. The van der Waals surface area contributed by atoms with Gasteiger partial charge in [0.2, 0.25) is 0 Å². The Hall–Kier alpha value is -1.06. The van der Waals surface area contributed by atoms with Crippen LogP contribution in [-0.2, 0) is 4.74 Å². The van der Waals surface area contributed by atoms with Gasteiger partial charge in [0.15, 0.2) is 5.78 Å². The van der Waals surface area contributed by atoms with Gasteiger partial charge in [0, 0.05) is 22.9 Å². The van der Waals surface area contributed by atoms with Crippen molar-refractivity contribution in [2.75, 3.05) is 12.5 Å². The molecule has 0 fully saturated rings. The van der Waals surface area contributed by atoms with Gasteiger partial charge in [-0.15, -0.1) is 11.6 Å². The lowest BCUT2D eigenvalue weighted by molar-refractivity contribution is 0.0523. The van der Waals surface area contributed by atoms with Crippen LogP contribution in [0.1, 0.15) is 34.1 Å². The highest BCUT2D eigenvalue weighted by Gasteiger charge is 2.17. The van der Waals surface area contributed by atoms with E-state index in [0.717, 1.165) is 0 Å². The molecule has 0 spiro atoms. The monoisotopic (exact) mass is 274 g/mol. The first kappa shape index (κ1) is 14.0. The molecule has 0 radical (unpaired) electrons. The molecule has 0 heterocycles. The fourth-order valence-corrected chi connectivity index (χ4v) is 1.70. The van der Waals surface area contributed by atoms with E-state index in [1.54, 1.807) is 13.0 Å². The Kier molecular flexibility index (Phi) is 5.45. The van der Waals surface area contributed by atoms with Gasteiger partial charge in [0.25, 0.3) is 0 Å². The minimum atomic E-state index is -0.526. The number of rotatable bonds is 5. The average molecular weight is 275 g/mol. The summed E-state index contributed by atoms with van der Waals surface area (Å²) in [5.41, 5.74) is 0.489. The van der Waals surface area contributed by atoms with E-state index >= 15 is 0 Å². The van der Waals surface area contributed by atoms with Crippen LogP contribution in [0.25, 0.3) is 0 Å². The summed E-state index contributed by atoms with van der Waals surface area (Å²) in [7, 11) is 0. The third-order valence-corrected chi connectivity index (χ3v) is 2.52. The zero-order valence-corrected chi connectivity index (χ0v) is 10.8. The molecule has 1 aromatic carbocycles. The van der Waals surface area contributed by atoms with Crippen molar-refractivity contribution in [1.29, 1.82) is 0 Å². The summed E-state index contributed by atoms with van der Waals surface area (Å²) < 4.78 is 4.87. The van der Waals surface area contributed by atoms with Crippen LogP contribution in [-0.4, -0.2) is 24.2 Å². The van der Waals surface area contributed by atoms with Crippen molar-refractivity contribution in [1.82, 2.24) is 0 Å². The topological polar surface area (TPSA) is 43.4 Å². The van der Waals surface area contributed by atoms with Crippen LogP contribution in [0.5, 0.6) is 0 Å². The minimum absolute atomic E-state index is 0.161. The highest BCUT2D eigenvalue weighted by atomic mass is 35.5. The number of halogens is 2. The highest BCUT2D eigenvalue weighted by molar-refractivity contribution is 6.31. The number of Topliss-reactive ketones (excluding diaryl/α,β-unsaturated/α-hetero) is 1. The normalized spacial score (nSPS) is 10.1.